The van der Waals surface area contributed by atoms with Crippen LogP contribution in [-0.2, 0) is 6.18 Å². The van der Waals surface area contributed by atoms with Crippen LogP contribution in [0.25, 0.3) is 0 Å². The molecule has 0 saturated heterocycles. The molecule has 0 aliphatic rings. The Labute approximate surface area is 128 Å². The van der Waals surface area contributed by atoms with Crippen molar-refractivity contribution < 1.29 is 13.2 Å². The second-order valence-electron chi connectivity index (χ2n) is 4.10. The van der Waals surface area contributed by atoms with Crippen molar-refractivity contribution in [1.29, 1.82) is 5.26 Å². The highest BCUT2D eigenvalue weighted by molar-refractivity contribution is 6.43. The highest BCUT2D eigenvalue weighted by Gasteiger charge is 2.31. The van der Waals surface area contributed by atoms with Crippen molar-refractivity contribution >= 4 is 34.6 Å². The molecule has 0 amide bonds. The molecule has 0 aromatic heterocycles. The average molecular weight is 331 g/mol. The number of nitrogens with zero attached hydrogens (tertiary/aromatic N) is 1. The maximum Gasteiger partial charge on any atom is 0.416 e. The van der Waals surface area contributed by atoms with Gasteiger partial charge in [-0.25, -0.2) is 0 Å². The minimum Gasteiger partial charge on any atom is -0.353 e. The number of alkyl halides is 3. The van der Waals surface area contributed by atoms with Crippen molar-refractivity contribution in [2.75, 3.05) is 5.32 Å². The molecule has 0 saturated carbocycles. The molecule has 2 rings (SSSR count). The van der Waals surface area contributed by atoms with Crippen molar-refractivity contribution in [3.63, 3.8) is 0 Å². The molecular weight excluding hydrogens is 324 g/mol. The van der Waals surface area contributed by atoms with Crippen molar-refractivity contribution in [1.82, 2.24) is 0 Å². The zero-order chi connectivity index (χ0) is 15.6. The summed E-state index contributed by atoms with van der Waals surface area (Å²) in [7, 11) is 0. The van der Waals surface area contributed by atoms with Gasteiger partial charge in [0.05, 0.1) is 32.5 Å². The van der Waals surface area contributed by atoms with E-state index in [-0.39, 0.29) is 16.3 Å². The number of rotatable bonds is 2. The Bertz CT molecular complexity index is 721. The number of nitriles is 1. The molecule has 7 heteroatoms. The molecule has 0 radical (unpaired) electrons. The molecule has 108 valence electrons. The van der Waals surface area contributed by atoms with Gasteiger partial charge in [-0.2, -0.15) is 18.4 Å². The van der Waals surface area contributed by atoms with Crippen molar-refractivity contribution in [3.8, 4) is 6.07 Å². The minimum absolute atomic E-state index is 0.138. The second-order valence-corrected chi connectivity index (χ2v) is 4.88. The van der Waals surface area contributed by atoms with E-state index in [1.165, 1.54) is 6.07 Å². The first-order chi connectivity index (χ1) is 9.82. The Morgan fingerprint density at radius 3 is 2.38 bits per heavy atom. The lowest BCUT2D eigenvalue weighted by Crippen LogP contribution is -2.06. The Balaban J connectivity index is 2.42. The van der Waals surface area contributed by atoms with Crippen molar-refractivity contribution in [2.45, 2.75) is 6.18 Å². The van der Waals surface area contributed by atoms with Crippen LogP contribution in [0, 0.1) is 11.3 Å². The molecule has 0 fully saturated rings. The summed E-state index contributed by atoms with van der Waals surface area (Å²) in [6.45, 7) is 0. The summed E-state index contributed by atoms with van der Waals surface area (Å²) in [6, 6.07) is 9.38. The molecule has 0 aliphatic carbocycles. The van der Waals surface area contributed by atoms with Crippen molar-refractivity contribution in [2.24, 2.45) is 0 Å². The largest absolute Gasteiger partial charge is 0.416 e. The number of nitrogens with one attached hydrogen (secondary N) is 1. The predicted molar refractivity (Wildman–Crippen MR) is 75.9 cm³/mol. The third-order valence-electron chi connectivity index (χ3n) is 2.69. The van der Waals surface area contributed by atoms with E-state index < -0.39 is 11.7 Å². The lowest BCUT2D eigenvalue weighted by atomic mass is 10.1. The first-order valence-electron chi connectivity index (χ1n) is 5.65. The van der Waals surface area contributed by atoms with E-state index in [4.69, 9.17) is 28.5 Å². The summed E-state index contributed by atoms with van der Waals surface area (Å²) in [5.74, 6) is 0. The summed E-state index contributed by atoms with van der Waals surface area (Å²) < 4.78 is 37.8. The SMILES string of the molecule is N#Cc1cc(C(F)(F)F)ccc1Nc1cccc(Cl)c1Cl. The zero-order valence-electron chi connectivity index (χ0n) is 10.3. The monoisotopic (exact) mass is 330 g/mol. The van der Waals surface area contributed by atoms with Crippen LogP contribution in [0.4, 0.5) is 24.5 Å². The van der Waals surface area contributed by atoms with E-state index in [0.29, 0.717) is 10.7 Å². The Morgan fingerprint density at radius 1 is 1.05 bits per heavy atom. The lowest BCUT2D eigenvalue weighted by molar-refractivity contribution is -0.137. The Morgan fingerprint density at radius 2 is 1.76 bits per heavy atom. The third kappa shape index (κ3) is 3.41. The van der Waals surface area contributed by atoms with E-state index in [0.717, 1.165) is 12.1 Å². The van der Waals surface area contributed by atoms with Crippen LogP contribution >= 0.6 is 23.2 Å². The lowest BCUT2D eigenvalue weighted by Gasteiger charge is -2.13. The average Bonchev–Trinajstić information content (AvgIpc) is 2.43. The Kier molecular flexibility index (Phi) is 4.31. The minimum atomic E-state index is -4.50. The maximum atomic E-state index is 12.6. The van der Waals surface area contributed by atoms with E-state index in [9.17, 15) is 13.2 Å². The fourth-order valence-electron chi connectivity index (χ4n) is 1.67. The van der Waals surface area contributed by atoms with Crippen LogP contribution in [0.1, 0.15) is 11.1 Å². The number of halogens is 5. The van der Waals surface area contributed by atoms with E-state index in [2.05, 4.69) is 5.32 Å². The number of anilines is 2. The number of benzene rings is 2. The summed E-state index contributed by atoms with van der Waals surface area (Å²) in [4.78, 5) is 0. The topological polar surface area (TPSA) is 35.8 Å². The molecule has 0 heterocycles. The van der Waals surface area contributed by atoms with Crippen LogP contribution in [-0.4, -0.2) is 0 Å². The summed E-state index contributed by atoms with van der Waals surface area (Å²) >= 11 is 11.8. The summed E-state index contributed by atoms with van der Waals surface area (Å²) in [5, 5.41) is 12.3. The van der Waals surface area contributed by atoms with Crippen LogP contribution in [0.5, 0.6) is 0 Å². The van der Waals surface area contributed by atoms with Crippen LogP contribution in [0.2, 0.25) is 10.0 Å². The van der Waals surface area contributed by atoms with Crippen LogP contribution < -0.4 is 5.32 Å². The Hall–Kier alpha value is -1.90. The van der Waals surface area contributed by atoms with Gasteiger partial charge in [0.1, 0.15) is 6.07 Å². The van der Waals surface area contributed by atoms with Gasteiger partial charge in [0.25, 0.3) is 0 Å². The van der Waals surface area contributed by atoms with Gasteiger partial charge in [0, 0.05) is 0 Å². The van der Waals surface area contributed by atoms with Gasteiger partial charge in [0.2, 0.25) is 0 Å². The molecule has 2 nitrogen and oxygen atoms in total. The third-order valence-corrected chi connectivity index (χ3v) is 3.51. The highest BCUT2D eigenvalue weighted by atomic mass is 35.5. The molecule has 0 atom stereocenters. The standard InChI is InChI=1S/C14H7Cl2F3N2/c15-10-2-1-3-12(13(10)16)21-11-5-4-9(14(17,18)19)6-8(11)7-20/h1-6,21H. The smallest absolute Gasteiger partial charge is 0.353 e. The van der Waals surface area contributed by atoms with Gasteiger partial charge < -0.3 is 5.32 Å². The number of hydrogen-bond donors (Lipinski definition) is 1. The molecule has 0 bridgehead atoms. The number of hydrogen-bond acceptors (Lipinski definition) is 2. The summed E-state index contributed by atoms with van der Waals surface area (Å²) in [6.07, 6.45) is -4.50. The van der Waals surface area contributed by atoms with E-state index in [1.807, 2.05) is 0 Å². The fourth-order valence-corrected chi connectivity index (χ4v) is 2.02. The molecule has 2 aromatic carbocycles. The van der Waals surface area contributed by atoms with Crippen LogP contribution in [0.15, 0.2) is 36.4 Å². The molecule has 2 aromatic rings. The first kappa shape index (κ1) is 15.5. The highest BCUT2D eigenvalue weighted by Crippen LogP contribution is 2.35. The quantitative estimate of drug-likeness (QED) is 0.774. The first-order valence-corrected chi connectivity index (χ1v) is 6.41. The van der Waals surface area contributed by atoms with Gasteiger partial charge >= 0.3 is 6.18 Å². The molecule has 21 heavy (non-hydrogen) atoms. The fraction of sp³-hybridized carbons (Fsp3) is 0.0714. The summed E-state index contributed by atoms with van der Waals surface area (Å²) in [5.41, 5.74) is -0.405. The van der Waals surface area contributed by atoms with Gasteiger partial charge in [-0.05, 0) is 30.3 Å². The van der Waals surface area contributed by atoms with Gasteiger partial charge in [-0.3, -0.25) is 0 Å². The molecular formula is C14H7Cl2F3N2. The molecule has 0 aliphatic heterocycles. The predicted octanol–water partition coefficient (Wildman–Crippen LogP) is 5.63. The normalized spacial score (nSPS) is 11.0. The van der Waals surface area contributed by atoms with E-state index in [1.54, 1.807) is 24.3 Å². The zero-order valence-corrected chi connectivity index (χ0v) is 11.8. The molecule has 1 N–H and O–H groups in total. The molecule has 0 spiro atoms. The van der Waals surface area contributed by atoms with Crippen molar-refractivity contribution in [3.05, 3.63) is 57.6 Å². The maximum absolute atomic E-state index is 12.6. The van der Waals surface area contributed by atoms with Gasteiger partial charge in [-0.1, -0.05) is 29.3 Å². The van der Waals surface area contributed by atoms with Crippen LogP contribution in [0.3, 0.4) is 0 Å². The molecule has 0 unspecified atom stereocenters. The van der Waals surface area contributed by atoms with E-state index >= 15 is 0 Å². The second kappa shape index (κ2) is 5.84. The van der Waals surface area contributed by atoms with Gasteiger partial charge in [-0.15, -0.1) is 0 Å². The van der Waals surface area contributed by atoms with Gasteiger partial charge in [0.15, 0.2) is 0 Å².